The molecule has 0 aliphatic carbocycles. The van der Waals surface area contributed by atoms with Gasteiger partial charge in [-0.25, -0.2) is 0 Å². The smallest absolute Gasteiger partial charge is 0.172 e. The third kappa shape index (κ3) is 1.17. The van der Waals surface area contributed by atoms with Crippen LogP contribution in [-0.2, 0) is 0 Å². The van der Waals surface area contributed by atoms with E-state index in [0.717, 1.165) is 14.6 Å². The van der Waals surface area contributed by atoms with Gasteiger partial charge in [0.1, 0.15) is 0 Å². The van der Waals surface area contributed by atoms with Crippen LogP contribution in [0.25, 0.3) is 10.1 Å². The molecule has 0 aliphatic rings. The van der Waals surface area contributed by atoms with Crippen LogP contribution in [0.5, 0.6) is 5.06 Å². The van der Waals surface area contributed by atoms with E-state index in [1.54, 1.807) is 6.07 Å². The summed E-state index contributed by atoms with van der Waals surface area (Å²) < 4.78 is 1.88. The van der Waals surface area contributed by atoms with Gasteiger partial charge in [0.05, 0.1) is 0 Å². The number of anilines is 1. The highest BCUT2D eigenvalue weighted by Crippen LogP contribution is 2.35. The maximum Gasteiger partial charge on any atom is 0.172 e. The number of fused-ring (bicyclic) bond motifs is 1. The van der Waals surface area contributed by atoms with Crippen molar-refractivity contribution >= 4 is 43.0 Å². The fourth-order valence-electron chi connectivity index (χ4n) is 1.06. The molecule has 62 valence electrons. The van der Waals surface area contributed by atoms with E-state index in [4.69, 9.17) is 5.73 Å². The molecular formula is C8H6BrNOS. The number of nitrogens with two attached hydrogens (primary N) is 1. The molecule has 2 nitrogen and oxygen atoms in total. The summed E-state index contributed by atoms with van der Waals surface area (Å²) in [6.07, 6.45) is 0. The lowest BCUT2D eigenvalue weighted by Crippen LogP contribution is -1.84. The average Bonchev–Trinajstić information content (AvgIpc) is 2.30. The lowest BCUT2D eigenvalue weighted by molar-refractivity contribution is 0.491. The molecule has 2 rings (SSSR count). The Morgan fingerprint density at radius 1 is 1.33 bits per heavy atom. The fraction of sp³-hybridized carbons (Fsp3) is 0. The summed E-state index contributed by atoms with van der Waals surface area (Å²) in [5.41, 5.74) is 6.37. The average molecular weight is 244 g/mol. The summed E-state index contributed by atoms with van der Waals surface area (Å²) in [5.74, 6) is 0. The van der Waals surface area contributed by atoms with E-state index >= 15 is 0 Å². The van der Waals surface area contributed by atoms with Crippen molar-refractivity contribution in [3.05, 3.63) is 22.7 Å². The Morgan fingerprint density at radius 2 is 2.08 bits per heavy atom. The molecule has 12 heavy (non-hydrogen) atoms. The number of thiophene rings is 1. The second-order valence-electron chi connectivity index (χ2n) is 2.50. The molecule has 0 unspecified atom stereocenters. The second-order valence-corrected chi connectivity index (χ2v) is 4.41. The highest BCUT2D eigenvalue weighted by Gasteiger charge is 2.03. The lowest BCUT2D eigenvalue weighted by Gasteiger charge is -1.96. The molecule has 1 aromatic carbocycles. The number of benzene rings is 1. The van der Waals surface area contributed by atoms with Crippen LogP contribution in [0, 0.1) is 0 Å². The number of hydrogen-bond acceptors (Lipinski definition) is 3. The van der Waals surface area contributed by atoms with Crippen molar-refractivity contribution in [3.63, 3.8) is 0 Å². The van der Waals surface area contributed by atoms with Gasteiger partial charge in [-0.15, -0.1) is 0 Å². The summed E-state index contributed by atoms with van der Waals surface area (Å²) in [4.78, 5) is 0. The molecule has 1 aromatic heterocycles. The molecule has 0 aliphatic heterocycles. The minimum Gasteiger partial charge on any atom is -0.499 e. The third-order valence-corrected chi connectivity index (χ3v) is 3.21. The number of halogens is 1. The number of aromatic hydroxyl groups is 1. The van der Waals surface area contributed by atoms with Crippen molar-refractivity contribution in [1.82, 2.24) is 0 Å². The topological polar surface area (TPSA) is 46.2 Å². The molecular weight excluding hydrogens is 238 g/mol. The van der Waals surface area contributed by atoms with Gasteiger partial charge in [0.25, 0.3) is 0 Å². The van der Waals surface area contributed by atoms with Crippen molar-refractivity contribution in [3.8, 4) is 5.06 Å². The second kappa shape index (κ2) is 2.64. The molecule has 0 saturated heterocycles. The first-order valence-electron chi connectivity index (χ1n) is 3.34. The van der Waals surface area contributed by atoms with Gasteiger partial charge < -0.3 is 10.8 Å². The van der Waals surface area contributed by atoms with Gasteiger partial charge >= 0.3 is 0 Å². The highest BCUT2D eigenvalue weighted by atomic mass is 79.9. The van der Waals surface area contributed by atoms with Crippen LogP contribution in [-0.4, -0.2) is 5.11 Å². The van der Waals surface area contributed by atoms with Gasteiger partial charge in [-0.2, -0.15) is 0 Å². The van der Waals surface area contributed by atoms with Crippen LogP contribution in [0.4, 0.5) is 5.69 Å². The van der Waals surface area contributed by atoms with E-state index in [9.17, 15) is 5.11 Å². The van der Waals surface area contributed by atoms with E-state index < -0.39 is 0 Å². The number of rotatable bonds is 0. The summed E-state index contributed by atoms with van der Waals surface area (Å²) in [7, 11) is 0. The zero-order valence-corrected chi connectivity index (χ0v) is 8.45. The molecule has 0 amide bonds. The van der Waals surface area contributed by atoms with Gasteiger partial charge in [-0.3, -0.25) is 0 Å². The monoisotopic (exact) mass is 243 g/mol. The van der Waals surface area contributed by atoms with E-state index in [2.05, 4.69) is 15.9 Å². The Balaban J connectivity index is 2.83. The lowest BCUT2D eigenvalue weighted by atomic mass is 10.2. The Kier molecular flexibility index (Phi) is 1.73. The first-order valence-corrected chi connectivity index (χ1v) is 4.95. The molecule has 3 N–H and O–H groups in total. The third-order valence-electron chi connectivity index (χ3n) is 1.62. The van der Waals surface area contributed by atoms with Crippen LogP contribution >= 0.6 is 27.3 Å². The van der Waals surface area contributed by atoms with Crippen LogP contribution in [0.2, 0.25) is 0 Å². The molecule has 0 atom stereocenters. The SMILES string of the molecule is Nc1cc2sc(O)cc2cc1Br. The van der Waals surface area contributed by atoms with Gasteiger partial charge in [-0.05, 0) is 39.5 Å². The Hall–Kier alpha value is -0.740. The Morgan fingerprint density at radius 3 is 2.83 bits per heavy atom. The quantitative estimate of drug-likeness (QED) is 0.700. The van der Waals surface area contributed by atoms with Crippen molar-refractivity contribution in [2.45, 2.75) is 0 Å². The summed E-state index contributed by atoms with van der Waals surface area (Å²) in [5, 5.41) is 10.5. The minimum absolute atomic E-state index is 0.322. The van der Waals surface area contributed by atoms with Crippen molar-refractivity contribution in [2.24, 2.45) is 0 Å². The zero-order valence-electron chi connectivity index (χ0n) is 6.04. The van der Waals surface area contributed by atoms with E-state index in [1.807, 2.05) is 12.1 Å². The normalized spacial score (nSPS) is 10.8. The first-order chi connectivity index (χ1) is 5.66. The van der Waals surface area contributed by atoms with E-state index in [1.165, 1.54) is 11.3 Å². The molecule has 0 fully saturated rings. The van der Waals surface area contributed by atoms with Crippen LogP contribution in [0.1, 0.15) is 0 Å². The van der Waals surface area contributed by atoms with Crippen molar-refractivity contribution in [1.29, 1.82) is 0 Å². The summed E-state index contributed by atoms with van der Waals surface area (Å²) in [6, 6.07) is 5.48. The molecule has 0 spiro atoms. The Bertz CT molecular complexity index is 399. The molecule has 0 saturated carbocycles. The molecule has 4 heteroatoms. The highest BCUT2D eigenvalue weighted by molar-refractivity contribution is 9.10. The van der Waals surface area contributed by atoms with Gasteiger partial charge in [0, 0.05) is 14.9 Å². The van der Waals surface area contributed by atoms with Gasteiger partial charge in [-0.1, -0.05) is 11.3 Å². The fourth-order valence-corrected chi connectivity index (χ4v) is 2.25. The van der Waals surface area contributed by atoms with Crippen molar-refractivity contribution < 1.29 is 5.11 Å². The standard InChI is InChI=1S/C8H6BrNOS/c9-5-1-4-2-8(11)12-7(4)3-6(5)10/h1-3,11H,10H2. The largest absolute Gasteiger partial charge is 0.499 e. The summed E-state index contributed by atoms with van der Waals surface area (Å²) in [6.45, 7) is 0. The molecule has 0 bridgehead atoms. The van der Waals surface area contributed by atoms with Gasteiger partial charge in [0.2, 0.25) is 0 Å². The first kappa shape index (κ1) is 7.89. The number of nitrogen functional groups attached to an aromatic ring is 1. The van der Waals surface area contributed by atoms with Crippen molar-refractivity contribution in [2.75, 3.05) is 5.73 Å². The Labute approximate surface area is 81.8 Å². The van der Waals surface area contributed by atoms with Gasteiger partial charge in [0.15, 0.2) is 5.06 Å². The van der Waals surface area contributed by atoms with E-state index in [0.29, 0.717) is 10.8 Å². The van der Waals surface area contributed by atoms with Crippen LogP contribution in [0.3, 0.4) is 0 Å². The van der Waals surface area contributed by atoms with E-state index in [-0.39, 0.29) is 0 Å². The molecule has 2 aromatic rings. The van der Waals surface area contributed by atoms with Crippen LogP contribution in [0.15, 0.2) is 22.7 Å². The predicted octanol–water partition coefficient (Wildman–Crippen LogP) is 2.95. The maximum atomic E-state index is 9.20. The molecule has 1 heterocycles. The number of hydrogen-bond donors (Lipinski definition) is 2. The van der Waals surface area contributed by atoms with Crippen LogP contribution < -0.4 is 5.73 Å². The zero-order chi connectivity index (χ0) is 8.72. The maximum absolute atomic E-state index is 9.20. The predicted molar refractivity (Wildman–Crippen MR) is 55.6 cm³/mol. The molecule has 0 radical (unpaired) electrons. The summed E-state index contributed by atoms with van der Waals surface area (Å²) >= 11 is 4.65. The minimum atomic E-state index is 0.322.